The fourth-order valence-corrected chi connectivity index (χ4v) is 2.30. The molecule has 0 radical (unpaired) electrons. The van der Waals surface area contributed by atoms with Crippen LogP contribution in [0.2, 0.25) is 0 Å². The highest BCUT2D eigenvalue weighted by molar-refractivity contribution is 7.99. The monoisotopic (exact) mass is 234 g/mol. The molecule has 0 bridgehead atoms. The fraction of sp³-hybridized carbons (Fsp3) is 0.462. The summed E-state index contributed by atoms with van der Waals surface area (Å²) in [5.41, 5.74) is 1.31. The lowest BCUT2D eigenvalue weighted by molar-refractivity contribution is 0.651. The van der Waals surface area contributed by atoms with Gasteiger partial charge in [0.05, 0.1) is 6.07 Å². The van der Waals surface area contributed by atoms with Crippen molar-refractivity contribution in [1.29, 1.82) is 5.26 Å². The summed E-state index contributed by atoms with van der Waals surface area (Å²) in [6.45, 7) is 2.15. The van der Waals surface area contributed by atoms with Gasteiger partial charge in [0.25, 0.3) is 0 Å². The zero-order valence-corrected chi connectivity index (χ0v) is 10.7. The molecule has 2 nitrogen and oxygen atoms in total. The third-order valence-corrected chi connectivity index (χ3v) is 3.57. The highest BCUT2D eigenvalue weighted by Crippen LogP contribution is 2.23. The van der Waals surface area contributed by atoms with E-state index in [2.05, 4.69) is 42.6 Å². The average molecular weight is 234 g/mol. The van der Waals surface area contributed by atoms with Crippen LogP contribution in [0, 0.1) is 11.3 Å². The normalized spacial score (nSPS) is 12.1. The minimum Gasteiger partial charge on any atom is -0.313 e. The first-order valence-electron chi connectivity index (χ1n) is 5.55. The lowest BCUT2D eigenvalue weighted by Gasteiger charge is -2.11. The van der Waals surface area contributed by atoms with Crippen LogP contribution in [0.15, 0.2) is 29.2 Å². The van der Waals surface area contributed by atoms with Gasteiger partial charge in [-0.15, -0.1) is 11.8 Å². The molecule has 3 heteroatoms. The highest BCUT2D eigenvalue weighted by atomic mass is 32.2. The molecule has 1 aromatic carbocycles. The number of benzene rings is 1. The minimum atomic E-state index is 0.389. The van der Waals surface area contributed by atoms with Gasteiger partial charge in [-0.2, -0.15) is 5.26 Å². The molecule has 1 N–H and O–H groups in total. The number of unbranched alkanes of at least 4 members (excludes halogenated alkanes) is 1. The van der Waals surface area contributed by atoms with Gasteiger partial charge in [0.2, 0.25) is 0 Å². The zero-order chi connectivity index (χ0) is 11.8. The Morgan fingerprint density at radius 2 is 2.31 bits per heavy atom. The van der Waals surface area contributed by atoms with E-state index in [-0.39, 0.29) is 0 Å². The molecule has 1 unspecified atom stereocenters. The Morgan fingerprint density at radius 1 is 1.50 bits per heavy atom. The summed E-state index contributed by atoms with van der Waals surface area (Å²) in [4.78, 5) is 1.29. The molecule has 1 atom stereocenters. The molecular formula is C13H18N2S. The van der Waals surface area contributed by atoms with Crippen LogP contribution in [0.25, 0.3) is 0 Å². The van der Waals surface area contributed by atoms with Crippen LogP contribution < -0.4 is 5.32 Å². The largest absolute Gasteiger partial charge is 0.313 e. The van der Waals surface area contributed by atoms with Crippen molar-refractivity contribution >= 4 is 11.8 Å². The van der Waals surface area contributed by atoms with E-state index >= 15 is 0 Å². The van der Waals surface area contributed by atoms with Gasteiger partial charge in [-0.3, -0.25) is 0 Å². The summed E-state index contributed by atoms with van der Waals surface area (Å²) in [6.07, 6.45) is 1.62. The number of nitrogens with zero attached hydrogens (tertiary/aromatic N) is 1. The number of hydrogen-bond acceptors (Lipinski definition) is 3. The van der Waals surface area contributed by atoms with E-state index in [9.17, 15) is 0 Å². The topological polar surface area (TPSA) is 35.8 Å². The van der Waals surface area contributed by atoms with Crippen LogP contribution in [0.5, 0.6) is 0 Å². The molecule has 0 saturated heterocycles. The Kier molecular flexibility index (Phi) is 5.99. The van der Waals surface area contributed by atoms with Crippen LogP contribution >= 0.6 is 11.8 Å². The zero-order valence-electron chi connectivity index (χ0n) is 9.86. The predicted octanol–water partition coefficient (Wildman–Crippen LogP) is 3.36. The minimum absolute atomic E-state index is 0.389. The quantitative estimate of drug-likeness (QED) is 0.605. The van der Waals surface area contributed by atoms with Crippen molar-refractivity contribution in [2.75, 3.05) is 12.8 Å². The molecule has 0 fully saturated rings. The van der Waals surface area contributed by atoms with Crippen molar-refractivity contribution in [3.05, 3.63) is 29.8 Å². The molecule has 86 valence electrons. The fourth-order valence-electron chi connectivity index (χ4n) is 1.38. The standard InChI is InChI=1S/C13H18N2S/c1-11(15-2)12-6-5-7-13(10-12)16-9-4-3-8-14/h5-7,10-11,15H,3-4,9H2,1-2H3. The molecular weight excluding hydrogens is 216 g/mol. The van der Waals surface area contributed by atoms with Crippen molar-refractivity contribution in [2.45, 2.75) is 30.7 Å². The molecule has 0 saturated carbocycles. The van der Waals surface area contributed by atoms with Crippen LogP contribution in [0.3, 0.4) is 0 Å². The van der Waals surface area contributed by atoms with E-state index in [1.54, 1.807) is 0 Å². The Balaban J connectivity index is 2.51. The number of thioether (sulfide) groups is 1. The molecule has 0 aliphatic carbocycles. The van der Waals surface area contributed by atoms with E-state index in [1.807, 2.05) is 18.8 Å². The van der Waals surface area contributed by atoms with Crippen LogP contribution in [0.4, 0.5) is 0 Å². The lowest BCUT2D eigenvalue weighted by Crippen LogP contribution is -2.11. The van der Waals surface area contributed by atoms with Gasteiger partial charge in [-0.25, -0.2) is 0 Å². The molecule has 0 aromatic heterocycles. The summed E-state index contributed by atoms with van der Waals surface area (Å²) in [5.74, 6) is 1.02. The van der Waals surface area contributed by atoms with Crippen molar-refractivity contribution in [1.82, 2.24) is 5.32 Å². The van der Waals surface area contributed by atoms with Crippen LogP contribution in [-0.4, -0.2) is 12.8 Å². The van der Waals surface area contributed by atoms with Crippen molar-refractivity contribution < 1.29 is 0 Å². The molecule has 0 heterocycles. The van der Waals surface area contributed by atoms with Gasteiger partial charge in [0.15, 0.2) is 0 Å². The van der Waals surface area contributed by atoms with Gasteiger partial charge >= 0.3 is 0 Å². The van der Waals surface area contributed by atoms with Gasteiger partial charge in [0.1, 0.15) is 0 Å². The molecule has 0 aliphatic rings. The van der Waals surface area contributed by atoms with Gasteiger partial charge < -0.3 is 5.32 Å². The molecule has 1 rings (SSSR count). The van der Waals surface area contributed by atoms with Gasteiger partial charge in [-0.05, 0) is 43.8 Å². The van der Waals surface area contributed by atoms with E-state index in [0.29, 0.717) is 12.5 Å². The first-order chi connectivity index (χ1) is 7.77. The Labute approximate surface area is 102 Å². The maximum absolute atomic E-state index is 8.44. The first-order valence-corrected chi connectivity index (χ1v) is 6.53. The van der Waals surface area contributed by atoms with E-state index in [4.69, 9.17) is 5.26 Å². The van der Waals surface area contributed by atoms with Crippen molar-refractivity contribution in [2.24, 2.45) is 0 Å². The molecule has 16 heavy (non-hydrogen) atoms. The number of nitrogens with one attached hydrogen (secondary N) is 1. The summed E-state index contributed by atoms with van der Waals surface area (Å²) in [5, 5.41) is 11.7. The van der Waals surface area contributed by atoms with E-state index in [0.717, 1.165) is 12.2 Å². The van der Waals surface area contributed by atoms with E-state index in [1.165, 1.54) is 10.5 Å². The average Bonchev–Trinajstić information content (AvgIpc) is 2.34. The summed E-state index contributed by atoms with van der Waals surface area (Å²) in [7, 11) is 1.97. The molecule has 1 aromatic rings. The molecule has 0 aliphatic heterocycles. The van der Waals surface area contributed by atoms with Crippen molar-refractivity contribution in [3.63, 3.8) is 0 Å². The predicted molar refractivity (Wildman–Crippen MR) is 69.5 cm³/mol. The first kappa shape index (κ1) is 13.1. The van der Waals surface area contributed by atoms with Gasteiger partial charge in [-0.1, -0.05) is 12.1 Å². The summed E-state index contributed by atoms with van der Waals surface area (Å²) >= 11 is 1.82. The highest BCUT2D eigenvalue weighted by Gasteiger charge is 2.02. The third kappa shape index (κ3) is 4.26. The Bertz CT molecular complexity index is 357. The number of nitriles is 1. The third-order valence-electron chi connectivity index (χ3n) is 2.49. The second-order valence-electron chi connectivity index (χ2n) is 3.69. The summed E-state index contributed by atoms with van der Waals surface area (Å²) < 4.78 is 0. The summed E-state index contributed by atoms with van der Waals surface area (Å²) in [6, 6.07) is 11.1. The molecule has 0 amide bonds. The maximum atomic E-state index is 8.44. The van der Waals surface area contributed by atoms with E-state index < -0.39 is 0 Å². The van der Waals surface area contributed by atoms with Crippen LogP contribution in [0.1, 0.15) is 31.4 Å². The van der Waals surface area contributed by atoms with Gasteiger partial charge in [0, 0.05) is 17.4 Å². The number of rotatable bonds is 6. The lowest BCUT2D eigenvalue weighted by atomic mass is 10.1. The van der Waals surface area contributed by atoms with Crippen molar-refractivity contribution in [3.8, 4) is 6.07 Å². The second kappa shape index (κ2) is 7.32. The Hall–Kier alpha value is -0.980. The smallest absolute Gasteiger partial charge is 0.0622 e. The molecule has 0 spiro atoms. The number of hydrogen-bond donors (Lipinski definition) is 1. The second-order valence-corrected chi connectivity index (χ2v) is 4.86. The SMILES string of the molecule is CNC(C)c1cccc(SCCCC#N)c1. The maximum Gasteiger partial charge on any atom is 0.0622 e. The Morgan fingerprint density at radius 3 is 3.00 bits per heavy atom. The van der Waals surface area contributed by atoms with Crippen LogP contribution in [-0.2, 0) is 0 Å².